The molecule has 0 aliphatic heterocycles. The topological polar surface area (TPSA) is 114 Å². The Labute approximate surface area is 135 Å². The Bertz CT molecular complexity index is 726. The molecule has 0 radical (unpaired) electrons. The predicted molar refractivity (Wildman–Crippen MR) is 87.8 cm³/mol. The molecule has 2 aromatic heterocycles. The van der Waals surface area contributed by atoms with E-state index >= 15 is 0 Å². The van der Waals surface area contributed by atoms with Crippen LogP contribution in [-0.2, 0) is 14.9 Å². The van der Waals surface area contributed by atoms with Gasteiger partial charge >= 0.3 is 0 Å². The van der Waals surface area contributed by atoms with Gasteiger partial charge in [0, 0.05) is 24.5 Å². The summed E-state index contributed by atoms with van der Waals surface area (Å²) in [7, 11) is -3.97. The number of anilines is 1. The highest BCUT2D eigenvalue weighted by molar-refractivity contribution is 7.90. The van der Waals surface area contributed by atoms with Crippen molar-refractivity contribution in [2.75, 3.05) is 5.32 Å². The molecule has 3 rings (SSSR count). The zero-order valence-electron chi connectivity index (χ0n) is 12.8. The van der Waals surface area contributed by atoms with Crippen molar-refractivity contribution in [3.63, 3.8) is 0 Å². The fourth-order valence-electron chi connectivity index (χ4n) is 3.45. The van der Waals surface area contributed by atoms with Crippen LogP contribution in [0.1, 0.15) is 37.8 Å². The first-order chi connectivity index (χ1) is 11.0. The molecule has 8 heteroatoms. The van der Waals surface area contributed by atoms with Gasteiger partial charge in [0.25, 0.3) is 0 Å². The van der Waals surface area contributed by atoms with Gasteiger partial charge in [-0.1, -0.05) is 19.3 Å². The highest BCUT2D eigenvalue weighted by Gasteiger charge is 2.51. The molecule has 2 aromatic rings. The molecule has 0 amide bonds. The number of hydrogen-bond donors (Lipinski definition) is 3. The lowest BCUT2D eigenvalue weighted by Crippen LogP contribution is -2.53. The Kier molecular flexibility index (Phi) is 4.36. The van der Waals surface area contributed by atoms with Crippen molar-refractivity contribution in [1.29, 1.82) is 0 Å². The number of H-pyrrole nitrogens is 1. The van der Waals surface area contributed by atoms with E-state index in [0.29, 0.717) is 5.69 Å². The molecule has 124 valence electrons. The van der Waals surface area contributed by atoms with E-state index in [9.17, 15) is 8.42 Å². The summed E-state index contributed by atoms with van der Waals surface area (Å²) in [5.41, 5.74) is 0.527. The summed E-state index contributed by atoms with van der Waals surface area (Å²) in [4.78, 5) is 9.83. The molecule has 1 saturated carbocycles. The molecule has 1 atom stereocenters. The van der Waals surface area contributed by atoms with Crippen LogP contribution >= 0.6 is 0 Å². The van der Waals surface area contributed by atoms with E-state index in [0.717, 1.165) is 32.1 Å². The van der Waals surface area contributed by atoms with E-state index in [1.54, 1.807) is 36.8 Å². The van der Waals surface area contributed by atoms with Crippen LogP contribution < -0.4 is 10.5 Å². The molecule has 1 aliphatic rings. The van der Waals surface area contributed by atoms with Crippen molar-refractivity contribution < 1.29 is 8.42 Å². The molecule has 0 saturated heterocycles. The highest BCUT2D eigenvalue weighted by Crippen LogP contribution is 2.43. The van der Waals surface area contributed by atoms with E-state index in [4.69, 9.17) is 5.14 Å². The monoisotopic (exact) mass is 335 g/mol. The number of nitrogens with two attached hydrogens (primary N) is 1. The summed E-state index contributed by atoms with van der Waals surface area (Å²) in [5.74, 6) is 0.107. The van der Waals surface area contributed by atoms with Crippen LogP contribution in [0.2, 0.25) is 0 Å². The summed E-state index contributed by atoms with van der Waals surface area (Å²) < 4.78 is 25.4. The molecule has 1 aliphatic carbocycles. The maximum absolute atomic E-state index is 12.7. The molecule has 0 bridgehead atoms. The minimum atomic E-state index is -3.97. The summed E-state index contributed by atoms with van der Waals surface area (Å²) in [6.07, 6.45) is 9.50. The SMILES string of the molecule is NS(=O)(=O)C(Nc1ncccn1)(c1ccc[nH]1)C1CCCCC1. The molecule has 0 spiro atoms. The first-order valence-corrected chi connectivity index (χ1v) is 9.30. The quantitative estimate of drug-likeness (QED) is 0.772. The van der Waals surface area contributed by atoms with Gasteiger partial charge in [-0.05, 0) is 31.0 Å². The number of nitrogens with zero attached hydrogens (tertiary/aromatic N) is 2. The van der Waals surface area contributed by atoms with Gasteiger partial charge in [0.05, 0.1) is 5.69 Å². The maximum Gasteiger partial charge on any atom is 0.239 e. The minimum absolute atomic E-state index is 0.145. The van der Waals surface area contributed by atoms with Gasteiger partial charge in [0.1, 0.15) is 0 Å². The Morgan fingerprint density at radius 3 is 2.43 bits per heavy atom. The van der Waals surface area contributed by atoms with E-state index in [2.05, 4.69) is 20.3 Å². The standard InChI is InChI=1S/C15H21N5O2S/c16-23(21,22)15(13-8-4-9-17-13,12-6-2-1-3-7-12)20-14-18-10-5-11-19-14/h4-5,8-12,17H,1-3,6-7H2,(H2,16,21,22)(H,18,19,20). The summed E-state index contributed by atoms with van der Waals surface area (Å²) in [6.45, 7) is 0. The Balaban J connectivity index is 2.13. The van der Waals surface area contributed by atoms with Crippen molar-refractivity contribution in [2.45, 2.75) is 37.0 Å². The number of hydrogen-bond acceptors (Lipinski definition) is 5. The second-order valence-electron chi connectivity index (χ2n) is 5.90. The summed E-state index contributed by atoms with van der Waals surface area (Å²) in [5, 5.41) is 8.76. The van der Waals surface area contributed by atoms with E-state index in [1.165, 1.54) is 0 Å². The van der Waals surface area contributed by atoms with Crippen molar-refractivity contribution in [3.05, 3.63) is 42.5 Å². The Hall–Kier alpha value is -1.93. The van der Waals surface area contributed by atoms with Crippen LogP contribution in [0.3, 0.4) is 0 Å². The van der Waals surface area contributed by atoms with Crippen LogP contribution in [0.5, 0.6) is 0 Å². The van der Waals surface area contributed by atoms with Crippen LogP contribution in [0.25, 0.3) is 0 Å². The number of aromatic amines is 1. The molecule has 1 fully saturated rings. The smallest absolute Gasteiger partial charge is 0.239 e. The number of primary sulfonamides is 1. The van der Waals surface area contributed by atoms with E-state index in [-0.39, 0.29) is 11.9 Å². The molecule has 2 heterocycles. The Morgan fingerprint density at radius 1 is 1.17 bits per heavy atom. The zero-order chi connectivity index (χ0) is 16.3. The first-order valence-electron chi connectivity index (χ1n) is 7.75. The number of rotatable bonds is 5. The fraction of sp³-hybridized carbons (Fsp3) is 0.467. The van der Waals surface area contributed by atoms with Crippen molar-refractivity contribution >= 4 is 16.0 Å². The lowest BCUT2D eigenvalue weighted by atomic mass is 9.82. The lowest BCUT2D eigenvalue weighted by molar-refractivity contribution is 0.283. The largest absolute Gasteiger partial charge is 0.362 e. The third-order valence-corrected chi connectivity index (χ3v) is 6.04. The van der Waals surface area contributed by atoms with Crippen molar-refractivity contribution in [3.8, 4) is 0 Å². The molecule has 0 aromatic carbocycles. The number of nitrogens with one attached hydrogen (secondary N) is 2. The van der Waals surface area contributed by atoms with Crippen LogP contribution in [-0.4, -0.2) is 23.4 Å². The van der Waals surface area contributed by atoms with Gasteiger partial charge in [-0.15, -0.1) is 0 Å². The average Bonchev–Trinajstić information content (AvgIpc) is 3.08. The number of sulfonamides is 1. The van der Waals surface area contributed by atoms with Crippen LogP contribution in [0.4, 0.5) is 5.95 Å². The van der Waals surface area contributed by atoms with Gasteiger partial charge in [-0.25, -0.2) is 23.5 Å². The predicted octanol–water partition coefficient (Wildman–Crippen LogP) is 1.94. The van der Waals surface area contributed by atoms with Gasteiger partial charge in [-0.2, -0.15) is 0 Å². The van der Waals surface area contributed by atoms with Gasteiger partial charge in [0.2, 0.25) is 16.0 Å². The number of aromatic nitrogens is 3. The molecule has 1 unspecified atom stereocenters. The van der Waals surface area contributed by atoms with E-state index in [1.807, 2.05) is 0 Å². The van der Waals surface area contributed by atoms with Crippen molar-refractivity contribution in [2.24, 2.45) is 11.1 Å². The van der Waals surface area contributed by atoms with Gasteiger partial charge in [-0.3, -0.25) is 0 Å². The second-order valence-corrected chi connectivity index (χ2v) is 7.63. The summed E-state index contributed by atoms with van der Waals surface area (Å²) >= 11 is 0. The third-order valence-electron chi connectivity index (χ3n) is 4.49. The van der Waals surface area contributed by atoms with E-state index < -0.39 is 14.9 Å². The van der Waals surface area contributed by atoms with Gasteiger partial charge in [0.15, 0.2) is 4.87 Å². The van der Waals surface area contributed by atoms with Crippen molar-refractivity contribution in [1.82, 2.24) is 15.0 Å². The highest BCUT2D eigenvalue weighted by atomic mass is 32.2. The third kappa shape index (κ3) is 2.96. The molecular weight excluding hydrogens is 314 g/mol. The maximum atomic E-state index is 12.7. The van der Waals surface area contributed by atoms with Gasteiger partial charge < -0.3 is 10.3 Å². The summed E-state index contributed by atoms with van der Waals surface area (Å²) in [6, 6.07) is 5.19. The van der Waals surface area contributed by atoms with Crippen LogP contribution in [0, 0.1) is 5.92 Å². The van der Waals surface area contributed by atoms with Crippen LogP contribution in [0.15, 0.2) is 36.8 Å². The Morgan fingerprint density at radius 2 is 1.87 bits per heavy atom. The molecule has 23 heavy (non-hydrogen) atoms. The minimum Gasteiger partial charge on any atom is -0.362 e. The molecular formula is C15H21N5O2S. The second kappa shape index (κ2) is 6.29. The fourth-order valence-corrected chi connectivity index (χ4v) is 4.81. The normalized spacial score (nSPS) is 19.2. The average molecular weight is 335 g/mol. The lowest BCUT2D eigenvalue weighted by Gasteiger charge is -2.40. The molecule has 4 N–H and O–H groups in total. The zero-order valence-corrected chi connectivity index (χ0v) is 13.6. The molecule has 7 nitrogen and oxygen atoms in total. The first kappa shape index (κ1) is 15.9.